The quantitative estimate of drug-likeness (QED) is 0.853. The Hall–Kier alpha value is -0.760. The van der Waals surface area contributed by atoms with Crippen LogP contribution in [-0.2, 0) is 23.0 Å². The van der Waals surface area contributed by atoms with E-state index in [9.17, 15) is 8.42 Å². The third-order valence-corrected chi connectivity index (χ3v) is 6.76. The van der Waals surface area contributed by atoms with E-state index >= 15 is 0 Å². The molecule has 2 heterocycles. The number of hydrogen-bond donors (Lipinski definition) is 0. The van der Waals surface area contributed by atoms with Crippen LogP contribution >= 0.6 is 22.7 Å². The molecule has 18 heavy (non-hydrogen) atoms. The zero-order valence-electron chi connectivity index (χ0n) is 10.2. The largest absolute Gasteiger partial charge is 0.252 e. The fourth-order valence-corrected chi connectivity index (χ4v) is 4.84. The lowest BCUT2D eigenvalue weighted by Crippen LogP contribution is -2.25. The van der Waals surface area contributed by atoms with Crippen LogP contribution in [0.1, 0.15) is 16.8 Å². The number of nitrogens with zero attached hydrogens (tertiary/aromatic N) is 2. The van der Waals surface area contributed by atoms with Crippen LogP contribution in [0.4, 0.5) is 0 Å². The Morgan fingerprint density at radius 1 is 1.39 bits per heavy atom. The summed E-state index contributed by atoms with van der Waals surface area (Å²) in [5.41, 5.74) is 0. The van der Waals surface area contributed by atoms with E-state index in [4.69, 9.17) is 0 Å². The first-order valence-corrected chi connectivity index (χ1v) is 8.61. The van der Waals surface area contributed by atoms with Gasteiger partial charge >= 0.3 is 0 Å². The van der Waals surface area contributed by atoms with Gasteiger partial charge in [-0.3, -0.25) is 0 Å². The molecule has 0 bridgehead atoms. The summed E-state index contributed by atoms with van der Waals surface area (Å²) in [7, 11) is -1.80. The molecule has 0 aliphatic heterocycles. The molecule has 0 saturated heterocycles. The molecule has 0 aromatic carbocycles. The Bertz CT molecular complexity index is 602. The Balaban J connectivity index is 2.19. The molecule has 0 aliphatic rings. The first-order valence-electron chi connectivity index (χ1n) is 5.47. The van der Waals surface area contributed by atoms with Crippen molar-refractivity contribution in [2.24, 2.45) is 0 Å². The number of aryl methyl sites for hydroxylation is 1. The van der Waals surface area contributed by atoms with Crippen molar-refractivity contribution in [1.82, 2.24) is 9.29 Å². The first-order chi connectivity index (χ1) is 8.54. The molecular weight excluding hydrogens is 288 g/mol. The van der Waals surface area contributed by atoms with Gasteiger partial charge < -0.3 is 0 Å². The van der Waals surface area contributed by atoms with Gasteiger partial charge in [-0.25, -0.2) is 13.4 Å². The fraction of sp³-hybridized carbons (Fsp3) is 0.364. The van der Waals surface area contributed by atoms with Crippen LogP contribution in [0, 0.1) is 0 Å². The zero-order valence-corrected chi connectivity index (χ0v) is 12.6. The summed E-state index contributed by atoms with van der Waals surface area (Å²) in [6, 6.07) is 3.55. The maximum Gasteiger partial charge on any atom is 0.252 e. The molecule has 0 unspecified atom stereocenters. The van der Waals surface area contributed by atoms with Gasteiger partial charge in [-0.15, -0.1) is 22.7 Å². The van der Waals surface area contributed by atoms with Crippen LogP contribution in [0.3, 0.4) is 0 Å². The minimum Gasteiger partial charge on any atom is -0.248 e. The number of aromatic nitrogens is 1. The third-order valence-electron chi connectivity index (χ3n) is 2.49. The predicted octanol–water partition coefficient (Wildman–Crippen LogP) is 2.59. The predicted molar refractivity (Wildman–Crippen MR) is 74.5 cm³/mol. The van der Waals surface area contributed by atoms with Crippen LogP contribution < -0.4 is 0 Å². The highest BCUT2D eigenvalue weighted by molar-refractivity contribution is 7.91. The van der Waals surface area contributed by atoms with Crippen molar-refractivity contribution in [3.63, 3.8) is 0 Å². The molecule has 0 spiro atoms. The van der Waals surface area contributed by atoms with Crippen molar-refractivity contribution in [1.29, 1.82) is 0 Å². The smallest absolute Gasteiger partial charge is 0.248 e. The normalized spacial score (nSPS) is 12.2. The lowest BCUT2D eigenvalue weighted by atomic mass is 10.4. The van der Waals surface area contributed by atoms with E-state index in [-0.39, 0.29) is 0 Å². The standard InChI is InChI=1S/C11H14N2O2S3/c1-3-9-4-5-11(17-9)18(14,15)13(2)8-10-12-6-7-16-10/h4-7H,3,8H2,1-2H3. The van der Waals surface area contributed by atoms with Crippen molar-refractivity contribution >= 4 is 32.7 Å². The molecule has 0 saturated carbocycles. The van der Waals surface area contributed by atoms with Crippen LogP contribution in [0.25, 0.3) is 0 Å². The maximum absolute atomic E-state index is 12.3. The van der Waals surface area contributed by atoms with Crippen LogP contribution in [0.5, 0.6) is 0 Å². The summed E-state index contributed by atoms with van der Waals surface area (Å²) in [6.07, 6.45) is 2.54. The molecule has 0 aliphatic carbocycles. The van der Waals surface area contributed by atoms with E-state index in [1.807, 2.05) is 18.4 Å². The second kappa shape index (κ2) is 5.48. The Morgan fingerprint density at radius 3 is 2.72 bits per heavy atom. The van der Waals surface area contributed by atoms with Gasteiger partial charge in [-0.05, 0) is 18.6 Å². The highest BCUT2D eigenvalue weighted by atomic mass is 32.2. The molecule has 0 radical (unpaired) electrons. The van der Waals surface area contributed by atoms with E-state index in [0.29, 0.717) is 10.8 Å². The second-order valence-corrected chi connectivity index (χ2v) is 8.18. The van der Waals surface area contributed by atoms with Gasteiger partial charge in [-0.1, -0.05) is 6.92 Å². The zero-order chi connectivity index (χ0) is 13.2. The molecule has 0 atom stereocenters. The van der Waals surface area contributed by atoms with E-state index in [1.54, 1.807) is 19.3 Å². The van der Waals surface area contributed by atoms with Gasteiger partial charge in [-0.2, -0.15) is 4.31 Å². The molecule has 0 fully saturated rings. The minimum atomic E-state index is -3.39. The Kier molecular flexibility index (Phi) is 4.16. The van der Waals surface area contributed by atoms with Gasteiger partial charge in [0.05, 0.1) is 6.54 Å². The fourth-order valence-electron chi connectivity index (χ4n) is 1.45. The average Bonchev–Trinajstić information content (AvgIpc) is 2.99. The van der Waals surface area contributed by atoms with Gasteiger partial charge in [0.15, 0.2) is 0 Å². The molecule has 0 N–H and O–H groups in total. The summed E-state index contributed by atoms with van der Waals surface area (Å²) < 4.78 is 26.3. The van der Waals surface area contributed by atoms with Gasteiger partial charge in [0.25, 0.3) is 10.0 Å². The summed E-state index contributed by atoms with van der Waals surface area (Å²) >= 11 is 2.79. The molecule has 7 heteroatoms. The average molecular weight is 302 g/mol. The maximum atomic E-state index is 12.3. The highest BCUT2D eigenvalue weighted by Crippen LogP contribution is 2.25. The molecule has 98 valence electrons. The van der Waals surface area contributed by atoms with E-state index in [2.05, 4.69) is 4.98 Å². The molecule has 4 nitrogen and oxygen atoms in total. The van der Waals surface area contributed by atoms with Crippen molar-refractivity contribution < 1.29 is 8.42 Å². The number of sulfonamides is 1. The summed E-state index contributed by atoms with van der Waals surface area (Å²) in [5.74, 6) is 0. The molecule has 2 rings (SSSR count). The topological polar surface area (TPSA) is 50.3 Å². The monoisotopic (exact) mass is 302 g/mol. The van der Waals surface area contributed by atoms with Crippen molar-refractivity contribution in [3.8, 4) is 0 Å². The molecule has 2 aromatic rings. The van der Waals surface area contributed by atoms with Gasteiger partial charge in [0.1, 0.15) is 9.22 Å². The summed E-state index contributed by atoms with van der Waals surface area (Å²) in [5, 5.41) is 2.64. The third kappa shape index (κ3) is 2.80. The second-order valence-electron chi connectivity index (χ2n) is 3.76. The SMILES string of the molecule is CCc1ccc(S(=O)(=O)N(C)Cc2nccs2)s1. The Morgan fingerprint density at radius 2 is 2.17 bits per heavy atom. The molecular formula is C11H14N2O2S3. The van der Waals surface area contributed by atoms with E-state index in [1.165, 1.54) is 27.0 Å². The number of thiophene rings is 1. The van der Waals surface area contributed by atoms with Crippen LogP contribution in [0.2, 0.25) is 0 Å². The number of hydrogen-bond acceptors (Lipinski definition) is 5. The first kappa shape index (κ1) is 13.7. The lowest BCUT2D eigenvalue weighted by Gasteiger charge is -2.14. The van der Waals surface area contributed by atoms with Crippen molar-refractivity contribution in [3.05, 3.63) is 33.6 Å². The molecule has 0 amide bonds. The van der Waals surface area contributed by atoms with Gasteiger partial charge in [0.2, 0.25) is 0 Å². The Labute approximate surface area is 115 Å². The van der Waals surface area contributed by atoms with Crippen LogP contribution in [0.15, 0.2) is 27.9 Å². The summed E-state index contributed by atoms with van der Waals surface area (Å²) in [4.78, 5) is 5.18. The highest BCUT2D eigenvalue weighted by Gasteiger charge is 2.23. The van der Waals surface area contributed by atoms with E-state index in [0.717, 1.165) is 16.3 Å². The number of thiazole rings is 1. The van der Waals surface area contributed by atoms with Crippen molar-refractivity contribution in [2.75, 3.05) is 7.05 Å². The lowest BCUT2D eigenvalue weighted by molar-refractivity contribution is 0.467. The van der Waals surface area contributed by atoms with Gasteiger partial charge in [0, 0.05) is 23.5 Å². The van der Waals surface area contributed by atoms with Crippen molar-refractivity contribution in [2.45, 2.75) is 24.1 Å². The number of rotatable bonds is 5. The van der Waals surface area contributed by atoms with E-state index < -0.39 is 10.0 Å². The molecule has 2 aromatic heterocycles. The summed E-state index contributed by atoms with van der Waals surface area (Å²) in [6.45, 7) is 2.33. The van der Waals surface area contributed by atoms with Crippen LogP contribution in [-0.4, -0.2) is 24.8 Å². The minimum absolute atomic E-state index is 0.319.